The summed E-state index contributed by atoms with van der Waals surface area (Å²) in [6.45, 7) is 4.73. The molecular formula is C18H20N2O3S. The van der Waals surface area contributed by atoms with Crippen LogP contribution in [0.1, 0.15) is 19.4 Å². The number of hydrogen-bond donors (Lipinski definition) is 0. The molecule has 0 spiro atoms. The van der Waals surface area contributed by atoms with Crippen LogP contribution in [0.5, 0.6) is 11.5 Å². The molecule has 24 heavy (non-hydrogen) atoms. The maximum Gasteiger partial charge on any atom is 0.268 e. The molecular weight excluding hydrogens is 324 g/mol. The Morgan fingerprint density at radius 2 is 2.12 bits per heavy atom. The quantitative estimate of drug-likeness (QED) is 0.827. The maximum atomic E-state index is 12.2. The number of nitriles is 1. The lowest BCUT2D eigenvalue weighted by molar-refractivity contribution is 0.257. The molecule has 0 atom stereocenters. The Hall–Kier alpha value is -2.52. The number of aromatic nitrogens is 1. The van der Waals surface area contributed by atoms with E-state index in [1.54, 1.807) is 20.2 Å². The molecule has 0 aliphatic carbocycles. The summed E-state index contributed by atoms with van der Waals surface area (Å²) in [5.74, 6) is 1.71. The van der Waals surface area contributed by atoms with Crippen molar-refractivity contribution in [1.82, 2.24) is 4.57 Å². The van der Waals surface area contributed by atoms with Crippen LogP contribution in [0.2, 0.25) is 0 Å². The number of benzene rings is 1. The van der Waals surface area contributed by atoms with Gasteiger partial charge in [-0.25, -0.2) is 0 Å². The summed E-state index contributed by atoms with van der Waals surface area (Å²) in [7, 11) is 3.25. The van der Waals surface area contributed by atoms with Crippen molar-refractivity contribution in [3.63, 3.8) is 0 Å². The molecule has 0 bridgehead atoms. The molecule has 0 fully saturated rings. The van der Waals surface area contributed by atoms with Gasteiger partial charge in [0.15, 0.2) is 11.5 Å². The minimum atomic E-state index is -0.123. The van der Waals surface area contributed by atoms with E-state index in [-0.39, 0.29) is 5.56 Å². The van der Waals surface area contributed by atoms with Crippen molar-refractivity contribution in [2.24, 2.45) is 13.0 Å². The Morgan fingerprint density at radius 1 is 1.38 bits per heavy atom. The summed E-state index contributed by atoms with van der Waals surface area (Å²) in [5, 5.41) is 8.78. The number of rotatable bonds is 5. The summed E-state index contributed by atoms with van der Waals surface area (Å²) in [6, 6.07) is 7.50. The third-order valence-electron chi connectivity index (χ3n) is 3.31. The summed E-state index contributed by atoms with van der Waals surface area (Å²) < 4.78 is 13.8. The van der Waals surface area contributed by atoms with E-state index in [4.69, 9.17) is 14.7 Å². The van der Waals surface area contributed by atoms with Crippen molar-refractivity contribution in [2.45, 2.75) is 13.8 Å². The maximum absolute atomic E-state index is 12.2. The largest absolute Gasteiger partial charge is 0.493 e. The average Bonchev–Trinajstić information content (AvgIpc) is 2.81. The Kier molecular flexibility index (Phi) is 5.83. The molecule has 126 valence electrons. The number of nitrogens with zero attached hydrogens (tertiary/aromatic N) is 2. The lowest BCUT2D eigenvalue weighted by Gasteiger charge is -2.12. The molecule has 0 saturated carbocycles. The molecule has 0 aliphatic heterocycles. The zero-order valence-corrected chi connectivity index (χ0v) is 15.0. The van der Waals surface area contributed by atoms with Crippen LogP contribution < -0.4 is 24.2 Å². The van der Waals surface area contributed by atoms with Gasteiger partial charge in [-0.15, -0.1) is 11.3 Å². The summed E-state index contributed by atoms with van der Waals surface area (Å²) in [6.07, 6.45) is 3.16. The van der Waals surface area contributed by atoms with Crippen LogP contribution in [0.25, 0.3) is 12.2 Å². The second kappa shape index (κ2) is 7.84. The first-order chi connectivity index (χ1) is 11.5. The van der Waals surface area contributed by atoms with E-state index >= 15 is 0 Å². The Labute approximate surface area is 144 Å². The van der Waals surface area contributed by atoms with Crippen LogP contribution in [0, 0.1) is 17.2 Å². The molecule has 2 rings (SSSR count). The molecule has 0 unspecified atom stereocenters. The molecule has 1 heterocycles. The first-order valence-electron chi connectivity index (χ1n) is 7.54. The molecule has 5 nitrogen and oxygen atoms in total. The molecule has 0 saturated heterocycles. The van der Waals surface area contributed by atoms with Crippen molar-refractivity contribution in [1.29, 1.82) is 5.26 Å². The number of methoxy groups -OCH3 is 1. The van der Waals surface area contributed by atoms with Gasteiger partial charge in [0, 0.05) is 13.1 Å². The summed E-state index contributed by atoms with van der Waals surface area (Å²) in [4.78, 5) is 12.2. The fraction of sp³-hybridized carbons (Fsp3) is 0.333. The zero-order valence-electron chi connectivity index (χ0n) is 14.2. The van der Waals surface area contributed by atoms with E-state index in [1.165, 1.54) is 22.0 Å². The monoisotopic (exact) mass is 344 g/mol. The lowest BCUT2D eigenvalue weighted by Crippen LogP contribution is -2.28. The van der Waals surface area contributed by atoms with Crippen molar-refractivity contribution in [3.05, 3.63) is 43.3 Å². The van der Waals surface area contributed by atoms with Crippen molar-refractivity contribution < 1.29 is 9.47 Å². The SMILES string of the molecule is COc1ccc(/C=c2\s/c(=C\C#N)n(C)c2=O)cc1OCC(C)C. The molecule has 0 aliphatic rings. The molecule has 0 N–H and O–H groups in total. The standard InChI is InChI=1S/C18H20N2O3S/c1-12(2)11-23-15-9-13(5-6-14(15)22-4)10-16-18(21)20(3)17(24-16)7-8-19/h5-7,9-10,12H,11H2,1-4H3/b16-10-,17-7-. The minimum Gasteiger partial charge on any atom is -0.493 e. The van der Waals surface area contributed by atoms with E-state index in [0.717, 1.165) is 5.56 Å². The fourth-order valence-electron chi connectivity index (χ4n) is 2.07. The van der Waals surface area contributed by atoms with E-state index in [0.29, 0.717) is 33.2 Å². The highest BCUT2D eigenvalue weighted by molar-refractivity contribution is 7.07. The molecule has 2 aromatic rings. The van der Waals surface area contributed by atoms with Crippen LogP contribution in [0.15, 0.2) is 23.0 Å². The highest BCUT2D eigenvalue weighted by atomic mass is 32.1. The van der Waals surface area contributed by atoms with Gasteiger partial charge in [0.2, 0.25) is 0 Å². The van der Waals surface area contributed by atoms with Crippen LogP contribution in [-0.2, 0) is 7.05 Å². The normalized spacial score (nSPS) is 12.5. The van der Waals surface area contributed by atoms with Crippen LogP contribution in [0.3, 0.4) is 0 Å². The van der Waals surface area contributed by atoms with Gasteiger partial charge in [0.1, 0.15) is 4.66 Å². The molecule has 0 radical (unpaired) electrons. The number of hydrogen-bond acceptors (Lipinski definition) is 5. The average molecular weight is 344 g/mol. The zero-order chi connectivity index (χ0) is 17.7. The highest BCUT2D eigenvalue weighted by Gasteiger charge is 2.07. The van der Waals surface area contributed by atoms with Crippen molar-refractivity contribution in [2.75, 3.05) is 13.7 Å². The van der Waals surface area contributed by atoms with E-state index < -0.39 is 0 Å². The highest BCUT2D eigenvalue weighted by Crippen LogP contribution is 2.28. The van der Waals surface area contributed by atoms with Gasteiger partial charge < -0.3 is 14.0 Å². The third kappa shape index (κ3) is 4.06. The minimum absolute atomic E-state index is 0.123. The van der Waals surface area contributed by atoms with Crippen LogP contribution >= 0.6 is 11.3 Å². The van der Waals surface area contributed by atoms with Gasteiger partial charge in [0.25, 0.3) is 5.56 Å². The topological polar surface area (TPSA) is 64.2 Å². The van der Waals surface area contributed by atoms with Crippen LogP contribution in [-0.4, -0.2) is 18.3 Å². The smallest absolute Gasteiger partial charge is 0.268 e. The van der Waals surface area contributed by atoms with E-state index in [9.17, 15) is 4.79 Å². The summed E-state index contributed by atoms with van der Waals surface area (Å²) >= 11 is 1.28. The van der Waals surface area contributed by atoms with Crippen LogP contribution in [0.4, 0.5) is 0 Å². The molecule has 0 amide bonds. The van der Waals surface area contributed by atoms with Gasteiger partial charge in [-0.3, -0.25) is 4.79 Å². The van der Waals surface area contributed by atoms with Gasteiger partial charge in [-0.2, -0.15) is 5.26 Å². The third-order valence-corrected chi connectivity index (χ3v) is 4.42. The fourth-order valence-corrected chi connectivity index (χ4v) is 3.04. The molecule has 1 aromatic carbocycles. The second-order valence-corrected chi connectivity index (χ2v) is 6.76. The first-order valence-corrected chi connectivity index (χ1v) is 8.36. The Bertz CT molecular complexity index is 933. The summed E-state index contributed by atoms with van der Waals surface area (Å²) in [5.41, 5.74) is 0.721. The molecule has 1 aromatic heterocycles. The van der Waals surface area contributed by atoms with Gasteiger partial charge in [0.05, 0.1) is 24.3 Å². The first kappa shape index (κ1) is 17.8. The lowest BCUT2D eigenvalue weighted by atomic mass is 10.2. The predicted octanol–water partition coefficient (Wildman–Crippen LogP) is 1.62. The van der Waals surface area contributed by atoms with Gasteiger partial charge in [-0.1, -0.05) is 19.9 Å². The van der Waals surface area contributed by atoms with Crippen molar-refractivity contribution in [3.8, 4) is 17.6 Å². The van der Waals surface area contributed by atoms with Gasteiger partial charge in [-0.05, 0) is 29.7 Å². The number of thiazole rings is 1. The molecule has 6 heteroatoms. The van der Waals surface area contributed by atoms with E-state index in [1.807, 2.05) is 24.3 Å². The van der Waals surface area contributed by atoms with Crippen molar-refractivity contribution >= 4 is 23.5 Å². The second-order valence-electron chi connectivity index (χ2n) is 5.70. The Balaban J connectivity index is 2.49. The predicted molar refractivity (Wildman–Crippen MR) is 95.8 cm³/mol. The van der Waals surface area contributed by atoms with E-state index in [2.05, 4.69) is 13.8 Å². The Morgan fingerprint density at radius 3 is 2.75 bits per heavy atom. The number of ether oxygens (including phenoxy) is 2. The van der Waals surface area contributed by atoms with Gasteiger partial charge >= 0.3 is 0 Å².